The molecular formula is C30H59Cl3N3P. The van der Waals surface area contributed by atoms with Crippen LogP contribution in [0.5, 0.6) is 0 Å². The largest absolute Gasteiger partial charge is 0.389 e. The maximum absolute atomic E-state index is 6.00. The Balaban J connectivity index is 3.46. The van der Waals surface area contributed by atoms with Crippen molar-refractivity contribution >= 4 is 42.7 Å². The van der Waals surface area contributed by atoms with Crippen molar-refractivity contribution in [1.82, 2.24) is 16.0 Å². The predicted molar refractivity (Wildman–Crippen MR) is 174 cm³/mol. The van der Waals surface area contributed by atoms with E-state index in [0.717, 1.165) is 49.9 Å². The first-order chi connectivity index (χ1) is 17.7. The van der Waals surface area contributed by atoms with Crippen molar-refractivity contribution < 1.29 is 0 Å². The van der Waals surface area contributed by atoms with Crippen LogP contribution in [0.2, 0.25) is 0 Å². The van der Waals surface area contributed by atoms with Gasteiger partial charge in [0, 0.05) is 24.5 Å². The second-order valence-electron chi connectivity index (χ2n) is 10.8. The molecule has 7 heteroatoms. The third-order valence-electron chi connectivity index (χ3n) is 7.10. The zero-order valence-electron chi connectivity index (χ0n) is 24.4. The van der Waals surface area contributed by atoms with Crippen molar-refractivity contribution in [2.24, 2.45) is 5.92 Å². The number of nitrogens with one attached hydrogen (secondary N) is 3. The van der Waals surface area contributed by atoms with Gasteiger partial charge in [-0.3, -0.25) is 0 Å². The fraction of sp³-hybridized carbons (Fsp3) is 0.867. The minimum Gasteiger partial charge on any atom is -0.389 e. The van der Waals surface area contributed by atoms with Gasteiger partial charge in [-0.25, -0.2) is 0 Å². The average Bonchev–Trinajstić information content (AvgIpc) is 2.85. The van der Waals surface area contributed by atoms with Crippen molar-refractivity contribution in [2.45, 2.75) is 120 Å². The van der Waals surface area contributed by atoms with E-state index in [4.69, 9.17) is 34.8 Å². The van der Waals surface area contributed by atoms with Crippen LogP contribution in [-0.4, -0.2) is 43.0 Å². The van der Waals surface area contributed by atoms with Crippen LogP contribution in [0.25, 0.3) is 0 Å². The fourth-order valence-electron chi connectivity index (χ4n) is 4.33. The number of allylic oxidation sites excluding steroid dienone is 2. The Morgan fingerprint density at radius 2 is 1.08 bits per heavy atom. The summed E-state index contributed by atoms with van der Waals surface area (Å²) in [6, 6.07) is 0. The number of hydrogen-bond donors (Lipinski definition) is 3. The first-order valence-corrected chi connectivity index (χ1v) is 18.0. The zero-order chi connectivity index (χ0) is 27.8. The molecule has 3 N–H and O–H groups in total. The average molecular weight is 599 g/mol. The second-order valence-corrected chi connectivity index (χ2v) is 16.4. The normalized spacial score (nSPS) is 13.4. The molecule has 0 saturated carbocycles. The molecule has 0 amide bonds. The first kappa shape index (κ1) is 37.3. The molecule has 0 aliphatic heterocycles. The third-order valence-corrected chi connectivity index (χ3v) is 11.5. The Morgan fingerprint density at radius 1 is 0.676 bits per heavy atom. The molecule has 2 unspecified atom stereocenters. The Labute approximate surface area is 247 Å². The molecule has 220 valence electrons. The van der Waals surface area contributed by atoms with Crippen molar-refractivity contribution in [3.8, 4) is 0 Å². The van der Waals surface area contributed by atoms with Crippen LogP contribution in [0.15, 0.2) is 24.6 Å². The molecule has 2 atom stereocenters. The van der Waals surface area contributed by atoms with Gasteiger partial charge in [-0.2, -0.15) is 0 Å². The Hall–Kier alpha value is 0.340. The van der Waals surface area contributed by atoms with Crippen LogP contribution in [0.1, 0.15) is 116 Å². The summed E-state index contributed by atoms with van der Waals surface area (Å²) in [6.45, 7) is 16.0. The molecule has 0 aliphatic rings. The molecule has 37 heavy (non-hydrogen) atoms. The van der Waals surface area contributed by atoms with Gasteiger partial charge in [0.05, 0.1) is 0 Å². The topological polar surface area (TPSA) is 36.1 Å². The highest BCUT2D eigenvalue weighted by Crippen LogP contribution is 2.56. The highest BCUT2D eigenvalue weighted by molar-refractivity contribution is 7.65. The monoisotopic (exact) mass is 597 g/mol. The minimum atomic E-state index is -1.08. The molecule has 0 rings (SSSR count). The van der Waals surface area contributed by atoms with E-state index in [0.29, 0.717) is 5.92 Å². The Kier molecular flexibility index (Phi) is 25.5. The van der Waals surface area contributed by atoms with Gasteiger partial charge in [-0.05, 0) is 70.9 Å². The highest BCUT2D eigenvalue weighted by Gasteiger charge is 2.27. The van der Waals surface area contributed by atoms with Crippen molar-refractivity contribution in [3.63, 3.8) is 0 Å². The van der Waals surface area contributed by atoms with Gasteiger partial charge in [-0.1, -0.05) is 133 Å². The van der Waals surface area contributed by atoms with Gasteiger partial charge in [0.15, 0.2) is 0 Å². The molecule has 0 aliphatic carbocycles. The van der Waals surface area contributed by atoms with Gasteiger partial charge in [-0.15, -0.1) is 0 Å². The summed E-state index contributed by atoms with van der Waals surface area (Å²) in [4.78, 5) is 0. The van der Waals surface area contributed by atoms with Crippen LogP contribution in [0, 0.1) is 5.92 Å². The van der Waals surface area contributed by atoms with Crippen LogP contribution in [-0.2, 0) is 0 Å². The summed E-state index contributed by atoms with van der Waals surface area (Å²) in [7, 11) is 1.49. The number of hydrogen-bond acceptors (Lipinski definition) is 3. The van der Waals surface area contributed by atoms with Crippen molar-refractivity contribution in [2.75, 3.05) is 39.5 Å². The summed E-state index contributed by atoms with van der Waals surface area (Å²) < 4.78 is -1.08. The summed E-state index contributed by atoms with van der Waals surface area (Å²) in [6.07, 6.45) is 22.8. The molecule has 0 spiro atoms. The van der Waals surface area contributed by atoms with E-state index in [1.807, 2.05) is 7.05 Å². The molecule has 0 saturated heterocycles. The van der Waals surface area contributed by atoms with E-state index >= 15 is 0 Å². The Morgan fingerprint density at radius 3 is 1.51 bits per heavy atom. The summed E-state index contributed by atoms with van der Waals surface area (Å²) in [5.41, 5.74) is 2.26. The maximum Gasteiger partial charge on any atom is 0.208 e. The number of rotatable bonds is 27. The van der Waals surface area contributed by atoms with Crippen LogP contribution in [0.4, 0.5) is 0 Å². The van der Waals surface area contributed by atoms with E-state index in [1.54, 1.807) is 0 Å². The number of alkyl halides is 3. The van der Waals surface area contributed by atoms with Gasteiger partial charge < -0.3 is 16.0 Å². The lowest BCUT2D eigenvalue weighted by Gasteiger charge is -2.22. The fourth-order valence-corrected chi connectivity index (χ4v) is 6.17. The van der Waals surface area contributed by atoms with Crippen LogP contribution in [0.3, 0.4) is 0 Å². The molecule has 3 nitrogen and oxygen atoms in total. The quantitative estimate of drug-likeness (QED) is 0.0500. The van der Waals surface area contributed by atoms with Gasteiger partial charge in [0.25, 0.3) is 0 Å². The Bertz CT molecular complexity index is 555. The lowest BCUT2D eigenvalue weighted by atomic mass is 10.0. The predicted octanol–water partition coefficient (Wildman–Crippen LogP) is 10.1. The SMILES string of the molecule is C=C(CCC(=C)NCCCCC(C)CCP(C)C(Cl)(Cl)Cl)NCCCCCCCCCCCCCNC. The van der Waals surface area contributed by atoms with E-state index in [-0.39, 0.29) is 0 Å². The molecule has 0 heterocycles. The van der Waals surface area contributed by atoms with Crippen molar-refractivity contribution in [1.29, 1.82) is 0 Å². The smallest absolute Gasteiger partial charge is 0.208 e. The van der Waals surface area contributed by atoms with Gasteiger partial charge in [0.1, 0.15) is 0 Å². The van der Waals surface area contributed by atoms with Crippen molar-refractivity contribution in [3.05, 3.63) is 24.6 Å². The molecule has 0 bridgehead atoms. The molecule has 0 radical (unpaired) electrons. The maximum atomic E-state index is 6.00. The van der Waals surface area contributed by atoms with E-state index in [9.17, 15) is 0 Å². The van der Waals surface area contributed by atoms with Gasteiger partial charge in [0.2, 0.25) is 3.53 Å². The first-order valence-electron chi connectivity index (χ1n) is 14.9. The van der Waals surface area contributed by atoms with E-state index in [1.165, 1.54) is 96.4 Å². The second kappa shape index (κ2) is 25.3. The van der Waals surface area contributed by atoms with Crippen LogP contribution < -0.4 is 16.0 Å². The number of unbranched alkanes of at least 4 members (excludes halogenated alkanes) is 11. The lowest BCUT2D eigenvalue weighted by molar-refractivity contribution is 0.482. The third kappa shape index (κ3) is 26.3. The summed E-state index contributed by atoms with van der Waals surface area (Å²) >= 11 is 18.0. The molecular weight excluding hydrogens is 540 g/mol. The molecule has 0 aromatic heterocycles. The van der Waals surface area contributed by atoms with Crippen LogP contribution >= 0.6 is 42.7 Å². The van der Waals surface area contributed by atoms with E-state index in [2.05, 4.69) is 42.7 Å². The summed E-state index contributed by atoms with van der Waals surface area (Å²) in [5.74, 6) is 0.683. The summed E-state index contributed by atoms with van der Waals surface area (Å²) in [5, 5.41) is 10.2. The number of halogens is 3. The van der Waals surface area contributed by atoms with E-state index < -0.39 is 11.5 Å². The minimum absolute atomic E-state index is 0.548. The van der Waals surface area contributed by atoms with Gasteiger partial charge >= 0.3 is 0 Å². The molecule has 0 fully saturated rings. The standard InChI is InChI=1S/C30H59Cl3N3P/c1-27(22-26-37(5)30(31,32)33)19-15-18-25-36-29(3)21-20-28(2)35-24-17-14-12-10-8-6-7-9-11-13-16-23-34-4/h27,34-36H,2-3,6-26H2,1,4-5H3. The lowest BCUT2D eigenvalue weighted by Crippen LogP contribution is -2.17. The zero-order valence-corrected chi connectivity index (χ0v) is 27.6. The molecule has 0 aromatic carbocycles. The molecule has 0 aromatic rings. The highest BCUT2D eigenvalue weighted by atomic mass is 35.6.